The van der Waals surface area contributed by atoms with Gasteiger partial charge in [0.05, 0.1) is 5.75 Å². The van der Waals surface area contributed by atoms with Crippen LogP contribution < -0.4 is 5.73 Å². The Morgan fingerprint density at radius 1 is 1.33 bits per heavy atom. The first-order valence-electron chi connectivity index (χ1n) is 7.63. The average Bonchev–Trinajstić information content (AvgIpc) is 2.44. The van der Waals surface area contributed by atoms with Crippen LogP contribution in [0.1, 0.15) is 39.2 Å². The van der Waals surface area contributed by atoms with Crippen LogP contribution in [0.5, 0.6) is 0 Å². The largest absolute Gasteiger partial charge is 0.340 e. The van der Waals surface area contributed by atoms with Gasteiger partial charge < -0.3 is 10.6 Å². The molecule has 1 aromatic carbocycles. The molecule has 1 atom stereocenters. The molecule has 0 spiro atoms. The lowest BCUT2D eigenvalue weighted by atomic mass is 9.87. The molecule has 1 amide bonds. The maximum absolute atomic E-state index is 12.2. The summed E-state index contributed by atoms with van der Waals surface area (Å²) in [5, 5.41) is 0. The Hall–Kier alpha value is -1.00. The second kappa shape index (κ2) is 6.84. The van der Waals surface area contributed by atoms with Crippen molar-refractivity contribution in [3.8, 4) is 0 Å². The van der Waals surface area contributed by atoms with Gasteiger partial charge in [0.2, 0.25) is 5.91 Å². The van der Waals surface area contributed by atoms with E-state index in [0.29, 0.717) is 12.3 Å². The quantitative estimate of drug-likeness (QED) is 0.873. The minimum atomic E-state index is 0.152. The van der Waals surface area contributed by atoms with Crippen molar-refractivity contribution in [2.45, 2.75) is 50.0 Å². The van der Waals surface area contributed by atoms with Crippen molar-refractivity contribution in [1.82, 2.24) is 4.90 Å². The van der Waals surface area contributed by atoms with Gasteiger partial charge >= 0.3 is 0 Å². The summed E-state index contributed by atoms with van der Waals surface area (Å²) in [6, 6.07) is 8.69. The van der Waals surface area contributed by atoms with Crippen LogP contribution in [0.25, 0.3) is 0 Å². The monoisotopic (exact) mass is 306 g/mol. The van der Waals surface area contributed by atoms with E-state index < -0.39 is 0 Å². The summed E-state index contributed by atoms with van der Waals surface area (Å²) < 4.78 is 0. The average molecular weight is 306 g/mol. The van der Waals surface area contributed by atoms with Gasteiger partial charge in [-0.2, -0.15) is 0 Å². The summed E-state index contributed by atoms with van der Waals surface area (Å²) in [6.45, 7) is 8.19. The Bertz CT molecular complexity index is 479. The molecule has 0 radical (unpaired) electrons. The van der Waals surface area contributed by atoms with Gasteiger partial charge in [0, 0.05) is 24.0 Å². The Morgan fingerprint density at radius 2 is 2.00 bits per heavy atom. The summed E-state index contributed by atoms with van der Waals surface area (Å²) in [5.74, 6) is 0.705. The first kappa shape index (κ1) is 16.4. The van der Waals surface area contributed by atoms with Gasteiger partial charge in [-0.1, -0.05) is 32.9 Å². The lowest BCUT2D eigenvalue weighted by Crippen LogP contribution is -2.46. The van der Waals surface area contributed by atoms with Crippen molar-refractivity contribution in [2.24, 2.45) is 5.73 Å². The summed E-state index contributed by atoms with van der Waals surface area (Å²) in [6.07, 6.45) is 2.06. The first-order valence-corrected chi connectivity index (χ1v) is 8.61. The molecule has 1 unspecified atom stereocenters. The Morgan fingerprint density at radius 3 is 2.57 bits per heavy atom. The van der Waals surface area contributed by atoms with Crippen molar-refractivity contribution in [1.29, 1.82) is 0 Å². The number of hydrogen-bond acceptors (Lipinski definition) is 3. The summed E-state index contributed by atoms with van der Waals surface area (Å²) in [7, 11) is 0. The van der Waals surface area contributed by atoms with Crippen LogP contribution in [0.2, 0.25) is 0 Å². The van der Waals surface area contributed by atoms with Crippen molar-refractivity contribution in [3.05, 3.63) is 29.8 Å². The number of hydrogen-bond donors (Lipinski definition) is 1. The predicted octanol–water partition coefficient (Wildman–Crippen LogP) is 3.03. The third-order valence-corrected chi connectivity index (χ3v) is 4.89. The van der Waals surface area contributed by atoms with Crippen LogP contribution in [0.15, 0.2) is 29.2 Å². The molecular formula is C17H26N2OS. The molecule has 0 saturated carbocycles. The smallest absolute Gasteiger partial charge is 0.232 e. The highest BCUT2D eigenvalue weighted by Crippen LogP contribution is 2.26. The molecule has 2 N–H and O–H groups in total. The lowest BCUT2D eigenvalue weighted by Gasteiger charge is -2.30. The van der Waals surface area contributed by atoms with E-state index in [-0.39, 0.29) is 17.4 Å². The number of piperidine rings is 1. The Kier molecular flexibility index (Phi) is 5.33. The third kappa shape index (κ3) is 4.75. The van der Waals surface area contributed by atoms with Crippen molar-refractivity contribution in [3.63, 3.8) is 0 Å². The van der Waals surface area contributed by atoms with Gasteiger partial charge in [0.25, 0.3) is 0 Å². The molecule has 21 heavy (non-hydrogen) atoms. The van der Waals surface area contributed by atoms with Gasteiger partial charge in [0.1, 0.15) is 0 Å². The van der Waals surface area contributed by atoms with Crippen molar-refractivity contribution in [2.75, 3.05) is 18.8 Å². The SMILES string of the molecule is CC(C)(C)c1ccc(SCC(=O)N2CCCC(N)C2)cc1. The highest BCUT2D eigenvalue weighted by molar-refractivity contribution is 8.00. The molecule has 3 nitrogen and oxygen atoms in total. The molecule has 2 rings (SSSR count). The number of rotatable bonds is 3. The van der Waals surface area contributed by atoms with E-state index in [4.69, 9.17) is 5.73 Å². The van der Waals surface area contributed by atoms with E-state index in [9.17, 15) is 4.79 Å². The lowest BCUT2D eigenvalue weighted by molar-refractivity contribution is -0.129. The second-order valence-corrected chi connectivity index (χ2v) is 7.85. The minimum absolute atomic E-state index is 0.152. The fraction of sp³-hybridized carbons (Fsp3) is 0.588. The number of likely N-dealkylation sites (tertiary alicyclic amines) is 1. The molecule has 4 heteroatoms. The van der Waals surface area contributed by atoms with Crippen molar-refractivity contribution >= 4 is 17.7 Å². The highest BCUT2D eigenvalue weighted by Gasteiger charge is 2.21. The molecule has 1 saturated heterocycles. The van der Waals surface area contributed by atoms with E-state index >= 15 is 0 Å². The number of carbonyl (C=O) groups excluding carboxylic acids is 1. The van der Waals surface area contributed by atoms with Crippen LogP contribution >= 0.6 is 11.8 Å². The number of amides is 1. The number of carbonyl (C=O) groups is 1. The molecular weight excluding hydrogens is 280 g/mol. The Balaban J connectivity index is 1.86. The molecule has 116 valence electrons. The molecule has 1 aliphatic rings. The number of benzene rings is 1. The van der Waals surface area contributed by atoms with E-state index in [0.717, 1.165) is 24.3 Å². The zero-order valence-electron chi connectivity index (χ0n) is 13.3. The van der Waals surface area contributed by atoms with Crippen LogP contribution in [-0.2, 0) is 10.2 Å². The van der Waals surface area contributed by atoms with Gasteiger partial charge in [-0.05, 0) is 36.0 Å². The van der Waals surface area contributed by atoms with E-state index in [1.54, 1.807) is 11.8 Å². The summed E-state index contributed by atoms with van der Waals surface area (Å²) in [5.41, 5.74) is 7.42. The molecule has 1 aliphatic heterocycles. The van der Waals surface area contributed by atoms with Crippen LogP contribution in [-0.4, -0.2) is 35.7 Å². The fourth-order valence-corrected chi connectivity index (χ4v) is 3.33. The third-order valence-electron chi connectivity index (χ3n) is 3.89. The van der Waals surface area contributed by atoms with E-state index in [1.807, 2.05) is 4.90 Å². The van der Waals surface area contributed by atoms with Gasteiger partial charge in [-0.25, -0.2) is 0 Å². The number of nitrogens with zero attached hydrogens (tertiary/aromatic N) is 1. The second-order valence-electron chi connectivity index (χ2n) is 6.81. The molecule has 1 fully saturated rings. The van der Waals surface area contributed by atoms with Crippen LogP contribution in [0.3, 0.4) is 0 Å². The zero-order valence-corrected chi connectivity index (χ0v) is 14.1. The van der Waals surface area contributed by atoms with E-state index in [2.05, 4.69) is 45.0 Å². The fourth-order valence-electron chi connectivity index (χ4n) is 2.52. The van der Waals surface area contributed by atoms with Crippen LogP contribution in [0.4, 0.5) is 0 Å². The summed E-state index contributed by atoms with van der Waals surface area (Å²) >= 11 is 1.61. The van der Waals surface area contributed by atoms with Crippen LogP contribution in [0, 0.1) is 0 Å². The molecule has 0 bridgehead atoms. The minimum Gasteiger partial charge on any atom is -0.340 e. The predicted molar refractivity (Wildman–Crippen MR) is 89.7 cm³/mol. The normalized spacial score (nSPS) is 19.6. The molecule has 0 aliphatic carbocycles. The molecule has 1 heterocycles. The number of nitrogens with two attached hydrogens (primary N) is 1. The van der Waals surface area contributed by atoms with Gasteiger partial charge in [0.15, 0.2) is 0 Å². The molecule has 0 aromatic heterocycles. The maximum Gasteiger partial charge on any atom is 0.232 e. The highest BCUT2D eigenvalue weighted by atomic mass is 32.2. The Labute approximate surface area is 132 Å². The first-order chi connectivity index (χ1) is 9.86. The van der Waals surface area contributed by atoms with Gasteiger partial charge in [-0.3, -0.25) is 4.79 Å². The molecule has 1 aromatic rings. The maximum atomic E-state index is 12.2. The zero-order chi connectivity index (χ0) is 15.5. The van der Waals surface area contributed by atoms with E-state index in [1.165, 1.54) is 5.56 Å². The van der Waals surface area contributed by atoms with Crippen molar-refractivity contribution < 1.29 is 4.79 Å². The van der Waals surface area contributed by atoms with Gasteiger partial charge in [-0.15, -0.1) is 11.8 Å². The summed E-state index contributed by atoms with van der Waals surface area (Å²) in [4.78, 5) is 15.3. The number of thioether (sulfide) groups is 1. The standard InChI is InChI=1S/C17H26N2OS/c1-17(2,3)13-6-8-15(9-7-13)21-12-16(20)19-10-4-5-14(18)11-19/h6-9,14H,4-5,10-12,18H2,1-3H3. The topological polar surface area (TPSA) is 46.3 Å².